The van der Waals surface area contributed by atoms with Crippen LogP contribution in [0.4, 0.5) is 18.0 Å². The van der Waals surface area contributed by atoms with Crippen molar-refractivity contribution in [3.05, 3.63) is 106 Å². The highest BCUT2D eigenvalue weighted by atomic mass is 32.1. The van der Waals surface area contributed by atoms with Crippen LogP contribution >= 0.6 is 11.3 Å². The summed E-state index contributed by atoms with van der Waals surface area (Å²) >= 11 is 1.39. The van der Waals surface area contributed by atoms with E-state index in [4.69, 9.17) is 0 Å². The number of aromatic nitrogens is 4. The minimum Gasteiger partial charge on any atom is -0.406 e. The number of rotatable bonds is 7. The number of ether oxygens (including phenoxy) is 1. The summed E-state index contributed by atoms with van der Waals surface area (Å²) in [6.45, 7) is 6.25. The first-order valence-electron chi connectivity index (χ1n) is 13.3. The van der Waals surface area contributed by atoms with Crippen molar-refractivity contribution in [2.75, 3.05) is 0 Å². The number of thiazole rings is 1. The van der Waals surface area contributed by atoms with E-state index < -0.39 is 12.4 Å². The molecule has 2 amide bonds. The fourth-order valence-corrected chi connectivity index (χ4v) is 5.25. The Hall–Kier alpha value is -4.84. The maximum atomic E-state index is 12.6. The zero-order chi connectivity index (χ0) is 30.6. The first-order valence-corrected chi connectivity index (χ1v) is 14.2. The topological polar surface area (TPSA) is 86.7 Å². The van der Waals surface area contributed by atoms with Crippen molar-refractivity contribution < 1.29 is 22.7 Å². The summed E-state index contributed by atoms with van der Waals surface area (Å²) in [7, 11) is 0. The van der Waals surface area contributed by atoms with Crippen LogP contribution in [-0.4, -0.2) is 37.9 Å². The molecule has 220 valence electrons. The summed E-state index contributed by atoms with van der Waals surface area (Å²) in [5, 5.41) is 6.38. The third-order valence-corrected chi connectivity index (χ3v) is 7.38. The van der Waals surface area contributed by atoms with Gasteiger partial charge in [0.15, 0.2) is 10.6 Å². The van der Waals surface area contributed by atoms with E-state index in [2.05, 4.69) is 44.7 Å². The van der Waals surface area contributed by atoms with E-state index in [1.807, 2.05) is 59.3 Å². The Morgan fingerprint density at radius 1 is 1.05 bits per heavy atom. The molecule has 0 fully saturated rings. The third kappa shape index (κ3) is 7.33. The molecule has 5 aromatic rings. The highest BCUT2D eigenvalue weighted by molar-refractivity contribution is 7.07. The number of nitrogens with zero attached hydrogens (tertiary/aromatic N) is 6. The maximum absolute atomic E-state index is 12.6. The van der Waals surface area contributed by atoms with Gasteiger partial charge in [-0.15, -0.1) is 29.6 Å². The molecule has 0 aliphatic heterocycles. The highest BCUT2D eigenvalue weighted by Crippen LogP contribution is 2.25. The van der Waals surface area contributed by atoms with Crippen LogP contribution in [0.15, 0.2) is 94.5 Å². The molecule has 5 rings (SSSR count). The second-order valence-electron chi connectivity index (χ2n) is 9.87. The summed E-state index contributed by atoms with van der Waals surface area (Å²) in [6.07, 6.45) is -1.31. The first-order chi connectivity index (χ1) is 20.6. The molecule has 0 aliphatic rings. The molecule has 0 bridgehead atoms. The molecule has 0 radical (unpaired) electrons. The maximum Gasteiger partial charge on any atom is 0.573 e. The summed E-state index contributed by atoms with van der Waals surface area (Å²) < 4.78 is 44.5. The second-order valence-corrected chi connectivity index (χ2v) is 10.7. The number of carbonyl (C=O) groups is 1. The predicted molar refractivity (Wildman–Crippen MR) is 159 cm³/mol. The number of halogens is 3. The normalized spacial score (nSPS) is 12.4. The van der Waals surface area contributed by atoms with E-state index in [-0.39, 0.29) is 5.75 Å². The van der Waals surface area contributed by atoms with Gasteiger partial charge < -0.3 is 4.74 Å². The number of para-hydroxylation sites is 1. The number of carbonyl (C=O) groups excluding carboxylic acids is 1. The molecule has 0 unspecified atom stereocenters. The van der Waals surface area contributed by atoms with Crippen LogP contribution in [0, 0.1) is 6.92 Å². The van der Waals surface area contributed by atoms with E-state index in [1.54, 1.807) is 0 Å². The van der Waals surface area contributed by atoms with Crippen LogP contribution in [0.1, 0.15) is 36.6 Å². The third-order valence-electron chi connectivity index (χ3n) is 6.44. The standard InChI is InChI=1S/C31H27F3N6O2S/c1-20(2)26-6-4-5-7-27(26)40-21(3)18-43-30(40)37-29(41)35-17-16-22-8-10-23(11-9-22)28-36-19-39(38-28)24-12-14-25(15-13-24)42-31(32,33)34/h4-15,17-20H,16H2,1-3H3. The summed E-state index contributed by atoms with van der Waals surface area (Å²) in [4.78, 5) is 25.8. The number of benzene rings is 3. The fourth-order valence-electron chi connectivity index (χ4n) is 4.39. The van der Waals surface area contributed by atoms with Crippen LogP contribution in [0.5, 0.6) is 5.75 Å². The van der Waals surface area contributed by atoms with Crippen LogP contribution < -0.4 is 9.54 Å². The number of hydrogen-bond donors (Lipinski definition) is 0. The zero-order valence-electron chi connectivity index (χ0n) is 23.5. The van der Waals surface area contributed by atoms with Crippen LogP contribution in [0.3, 0.4) is 0 Å². The molecule has 43 heavy (non-hydrogen) atoms. The summed E-state index contributed by atoms with van der Waals surface area (Å²) in [5.74, 6) is 0.442. The largest absolute Gasteiger partial charge is 0.573 e. The van der Waals surface area contributed by atoms with E-state index in [9.17, 15) is 18.0 Å². The average molecular weight is 605 g/mol. The van der Waals surface area contributed by atoms with E-state index in [1.165, 1.54) is 58.4 Å². The van der Waals surface area contributed by atoms with Crippen molar-refractivity contribution in [2.24, 2.45) is 9.98 Å². The Morgan fingerprint density at radius 3 is 2.47 bits per heavy atom. The van der Waals surface area contributed by atoms with Crippen molar-refractivity contribution in [2.45, 2.75) is 39.5 Å². The quantitative estimate of drug-likeness (QED) is 0.181. The smallest absolute Gasteiger partial charge is 0.406 e. The molecular formula is C31H27F3N6O2S. The summed E-state index contributed by atoms with van der Waals surface area (Å²) in [5.41, 5.74) is 5.36. The van der Waals surface area contributed by atoms with E-state index in [0.717, 1.165) is 22.5 Å². The van der Waals surface area contributed by atoms with Crippen molar-refractivity contribution >= 4 is 23.6 Å². The van der Waals surface area contributed by atoms with Gasteiger partial charge >= 0.3 is 12.4 Å². The van der Waals surface area contributed by atoms with E-state index in [0.29, 0.717) is 28.7 Å². The Morgan fingerprint density at radius 2 is 1.77 bits per heavy atom. The highest BCUT2D eigenvalue weighted by Gasteiger charge is 2.31. The molecule has 12 heteroatoms. The van der Waals surface area contributed by atoms with Crippen molar-refractivity contribution in [3.63, 3.8) is 0 Å². The van der Waals surface area contributed by atoms with Gasteiger partial charge in [-0.1, -0.05) is 56.3 Å². The number of amides is 2. The molecule has 0 N–H and O–H groups in total. The lowest BCUT2D eigenvalue weighted by molar-refractivity contribution is -0.274. The lowest BCUT2D eigenvalue weighted by Crippen LogP contribution is -2.17. The van der Waals surface area contributed by atoms with Gasteiger partial charge in [0.05, 0.1) is 11.4 Å². The molecule has 0 spiro atoms. The van der Waals surface area contributed by atoms with Crippen molar-refractivity contribution in [1.82, 2.24) is 19.3 Å². The Labute approximate surface area is 249 Å². The SMILES string of the molecule is Cc1csc(=NC(=O)N=CCc2ccc(-c3ncn(-c4ccc(OC(F)(F)F)cc4)n3)cc2)n1-c1ccccc1C(C)C. The number of urea groups is 1. The molecule has 0 saturated carbocycles. The molecule has 2 heterocycles. The minimum absolute atomic E-state index is 0.310. The van der Waals surface area contributed by atoms with E-state index >= 15 is 0 Å². The Balaban J connectivity index is 1.24. The predicted octanol–water partition coefficient (Wildman–Crippen LogP) is 7.45. The molecule has 8 nitrogen and oxygen atoms in total. The molecule has 0 saturated heterocycles. The molecule has 2 aromatic heterocycles. The number of hydrogen-bond acceptors (Lipinski definition) is 5. The van der Waals surface area contributed by atoms with Gasteiger partial charge in [0.1, 0.15) is 12.1 Å². The average Bonchev–Trinajstić information content (AvgIpc) is 3.60. The van der Waals surface area contributed by atoms with Crippen molar-refractivity contribution in [1.29, 1.82) is 0 Å². The zero-order valence-corrected chi connectivity index (χ0v) is 24.3. The van der Waals surface area contributed by atoms with Crippen LogP contribution in [-0.2, 0) is 6.42 Å². The van der Waals surface area contributed by atoms with Crippen molar-refractivity contribution in [3.8, 4) is 28.5 Å². The van der Waals surface area contributed by atoms with Gasteiger partial charge in [-0.2, -0.15) is 4.99 Å². The number of aryl methyl sites for hydroxylation is 1. The van der Waals surface area contributed by atoms with Gasteiger partial charge in [-0.3, -0.25) is 4.57 Å². The Bertz CT molecular complexity index is 1820. The van der Waals surface area contributed by atoms with Gasteiger partial charge in [-0.05, 0) is 54.3 Å². The molecule has 0 atom stereocenters. The molecule has 3 aromatic carbocycles. The molecular weight excluding hydrogens is 577 g/mol. The minimum atomic E-state index is -4.75. The lowest BCUT2D eigenvalue weighted by Gasteiger charge is -2.14. The first kappa shape index (κ1) is 29.6. The summed E-state index contributed by atoms with van der Waals surface area (Å²) in [6, 6.07) is 20.3. The van der Waals surface area contributed by atoms with Gasteiger partial charge in [0.2, 0.25) is 0 Å². The lowest BCUT2D eigenvalue weighted by atomic mass is 10.0. The van der Waals surface area contributed by atoms with Gasteiger partial charge in [0, 0.05) is 29.3 Å². The number of alkyl halides is 3. The molecule has 0 aliphatic carbocycles. The van der Waals surface area contributed by atoms with Crippen LogP contribution in [0.2, 0.25) is 0 Å². The van der Waals surface area contributed by atoms with Gasteiger partial charge in [0.25, 0.3) is 0 Å². The Kier molecular flexibility index (Phi) is 8.67. The second kappa shape index (κ2) is 12.6. The van der Waals surface area contributed by atoms with Gasteiger partial charge in [-0.25, -0.2) is 19.5 Å². The fraction of sp³-hybridized carbons (Fsp3) is 0.194. The number of aliphatic imine (C=N–C) groups is 1. The monoisotopic (exact) mass is 604 g/mol. The van der Waals surface area contributed by atoms with Crippen LogP contribution in [0.25, 0.3) is 22.8 Å².